The molecule has 0 aliphatic carbocycles. The van der Waals surface area contributed by atoms with Gasteiger partial charge in [-0.05, 0) is 44.5 Å². The van der Waals surface area contributed by atoms with Crippen molar-refractivity contribution in [1.82, 2.24) is 14.6 Å². The van der Waals surface area contributed by atoms with Crippen molar-refractivity contribution >= 4 is 35.0 Å². The molecule has 0 aliphatic rings. The number of aryl methyl sites for hydroxylation is 3. The largest absolute Gasteiger partial charge is 0.481 e. The van der Waals surface area contributed by atoms with E-state index >= 15 is 0 Å². The number of anilines is 1. The third kappa shape index (κ3) is 4.51. The van der Waals surface area contributed by atoms with Gasteiger partial charge >= 0.3 is 5.97 Å². The third-order valence-electron chi connectivity index (χ3n) is 4.21. The number of carbonyl (C=O) groups is 2. The summed E-state index contributed by atoms with van der Waals surface area (Å²) in [6.07, 6.45) is 0.140. The molecule has 2 aromatic heterocycles. The van der Waals surface area contributed by atoms with Crippen molar-refractivity contribution in [1.29, 1.82) is 0 Å². The molecule has 28 heavy (non-hydrogen) atoms. The summed E-state index contributed by atoms with van der Waals surface area (Å²) in [5.41, 5.74) is 5.10. The number of rotatable bonds is 7. The van der Waals surface area contributed by atoms with Gasteiger partial charge in [0.2, 0.25) is 0 Å². The van der Waals surface area contributed by atoms with Gasteiger partial charge < -0.3 is 10.4 Å². The quantitative estimate of drug-likeness (QED) is 0.590. The first-order chi connectivity index (χ1) is 13.3. The van der Waals surface area contributed by atoms with E-state index in [9.17, 15) is 9.59 Å². The summed E-state index contributed by atoms with van der Waals surface area (Å²) < 4.78 is 1.69. The summed E-state index contributed by atoms with van der Waals surface area (Å²) in [5.74, 6) is 0.196. The van der Waals surface area contributed by atoms with Gasteiger partial charge in [0.1, 0.15) is 5.56 Å². The number of hydrogen-bond acceptors (Lipinski definition) is 5. The summed E-state index contributed by atoms with van der Waals surface area (Å²) >= 11 is 1.55. The number of thioether (sulfide) groups is 1. The molecule has 0 unspecified atom stereocenters. The number of amides is 1. The molecular formula is C20H22N4O3S. The first-order valence-corrected chi connectivity index (χ1v) is 10.0. The Morgan fingerprint density at radius 1 is 1.21 bits per heavy atom. The maximum atomic E-state index is 12.9. The summed E-state index contributed by atoms with van der Waals surface area (Å²) in [7, 11) is 0. The van der Waals surface area contributed by atoms with Crippen LogP contribution in [0.5, 0.6) is 0 Å². The summed E-state index contributed by atoms with van der Waals surface area (Å²) in [6.45, 7) is 5.62. The highest BCUT2D eigenvalue weighted by Crippen LogP contribution is 2.20. The molecule has 0 atom stereocenters. The molecule has 0 aliphatic heterocycles. The van der Waals surface area contributed by atoms with Gasteiger partial charge in [0.15, 0.2) is 5.65 Å². The number of carbonyl (C=O) groups excluding carboxylic acids is 1. The van der Waals surface area contributed by atoms with Gasteiger partial charge in [0.25, 0.3) is 5.91 Å². The smallest absolute Gasteiger partial charge is 0.304 e. The molecule has 0 radical (unpaired) electrons. The number of fused-ring (bicyclic) bond motifs is 1. The fourth-order valence-corrected chi connectivity index (χ4v) is 3.85. The molecule has 8 heteroatoms. The molecule has 7 nitrogen and oxygen atoms in total. The van der Waals surface area contributed by atoms with Crippen LogP contribution < -0.4 is 5.32 Å². The minimum absolute atomic E-state index is 0.140. The van der Waals surface area contributed by atoms with Crippen molar-refractivity contribution in [2.75, 3.05) is 11.1 Å². The van der Waals surface area contributed by atoms with Crippen molar-refractivity contribution in [3.63, 3.8) is 0 Å². The highest BCUT2D eigenvalue weighted by molar-refractivity contribution is 7.98. The number of benzene rings is 1. The molecule has 2 heterocycles. The van der Waals surface area contributed by atoms with Crippen molar-refractivity contribution < 1.29 is 14.7 Å². The van der Waals surface area contributed by atoms with E-state index in [0.717, 1.165) is 17.0 Å². The van der Waals surface area contributed by atoms with E-state index in [1.54, 1.807) is 23.2 Å². The lowest BCUT2D eigenvalue weighted by molar-refractivity contribution is -0.136. The van der Waals surface area contributed by atoms with E-state index in [-0.39, 0.29) is 12.3 Å². The Bertz CT molecular complexity index is 1050. The molecule has 1 aromatic carbocycles. The van der Waals surface area contributed by atoms with Crippen LogP contribution in [0.2, 0.25) is 0 Å². The fraction of sp³-hybridized carbons (Fsp3) is 0.300. The Balaban J connectivity index is 1.77. The minimum Gasteiger partial charge on any atom is -0.481 e. The molecule has 3 rings (SSSR count). The maximum Gasteiger partial charge on any atom is 0.304 e. The number of aliphatic carboxylic acids is 1. The van der Waals surface area contributed by atoms with Crippen LogP contribution in [0.1, 0.15) is 39.4 Å². The second-order valence-corrected chi connectivity index (χ2v) is 7.69. The van der Waals surface area contributed by atoms with Crippen LogP contribution in [0.15, 0.2) is 30.3 Å². The molecule has 2 N–H and O–H groups in total. The monoisotopic (exact) mass is 398 g/mol. The number of nitrogens with zero attached hydrogens (tertiary/aromatic N) is 3. The second-order valence-electron chi connectivity index (χ2n) is 6.59. The van der Waals surface area contributed by atoms with Crippen LogP contribution in [0, 0.1) is 20.8 Å². The molecule has 0 spiro atoms. The normalized spacial score (nSPS) is 11.0. The van der Waals surface area contributed by atoms with Gasteiger partial charge in [-0.15, -0.1) is 0 Å². The number of carboxylic acid groups (broad SMARTS) is 1. The number of nitrogens with one attached hydrogen (secondary N) is 1. The number of carboxylic acids is 1. The first-order valence-electron chi connectivity index (χ1n) is 8.88. The summed E-state index contributed by atoms with van der Waals surface area (Å²) in [6, 6.07) is 9.48. The highest BCUT2D eigenvalue weighted by Gasteiger charge is 2.20. The van der Waals surface area contributed by atoms with Crippen LogP contribution in [0.25, 0.3) is 5.65 Å². The molecule has 1 amide bonds. The van der Waals surface area contributed by atoms with E-state index in [2.05, 4.69) is 15.4 Å². The Labute approximate surface area is 167 Å². The van der Waals surface area contributed by atoms with E-state index in [1.165, 1.54) is 0 Å². The van der Waals surface area contributed by atoms with Gasteiger partial charge in [0.05, 0.1) is 12.1 Å². The van der Waals surface area contributed by atoms with Crippen molar-refractivity contribution in [3.05, 3.63) is 58.5 Å². The van der Waals surface area contributed by atoms with Gasteiger partial charge in [-0.2, -0.15) is 16.9 Å². The molecule has 0 saturated carbocycles. The molecule has 146 valence electrons. The zero-order chi connectivity index (χ0) is 20.3. The Morgan fingerprint density at radius 3 is 2.75 bits per heavy atom. The van der Waals surface area contributed by atoms with Crippen LogP contribution in [-0.2, 0) is 10.5 Å². The molecule has 0 fully saturated rings. The lowest BCUT2D eigenvalue weighted by Gasteiger charge is -2.08. The summed E-state index contributed by atoms with van der Waals surface area (Å²) in [4.78, 5) is 28.0. The van der Waals surface area contributed by atoms with Gasteiger partial charge in [-0.25, -0.2) is 9.50 Å². The first kappa shape index (κ1) is 19.9. The molecule has 3 aromatic rings. The van der Waals surface area contributed by atoms with E-state index in [1.807, 2.05) is 44.2 Å². The number of hydrogen-bond donors (Lipinski definition) is 2. The van der Waals surface area contributed by atoms with Crippen molar-refractivity contribution in [2.24, 2.45) is 0 Å². The highest BCUT2D eigenvalue weighted by atomic mass is 32.2. The molecule has 0 saturated heterocycles. The van der Waals surface area contributed by atoms with Crippen LogP contribution in [-0.4, -0.2) is 37.3 Å². The van der Waals surface area contributed by atoms with Gasteiger partial charge in [0, 0.05) is 28.6 Å². The van der Waals surface area contributed by atoms with E-state index < -0.39 is 5.97 Å². The maximum absolute atomic E-state index is 12.9. The SMILES string of the molecule is Cc1cc(C)n2nc(C)c(C(=O)Nc3cccc(CSCCC(=O)O)c3)c2n1. The second kappa shape index (κ2) is 8.43. The Hall–Kier alpha value is -2.87. The zero-order valence-electron chi connectivity index (χ0n) is 16.0. The summed E-state index contributed by atoms with van der Waals surface area (Å²) in [5, 5.41) is 16.1. The van der Waals surface area contributed by atoms with Crippen molar-refractivity contribution in [2.45, 2.75) is 32.9 Å². The predicted molar refractivity (Wildman–Crippen MR) is 110 cm³/mol. The topological polar surface area (TPSA) is 96.6 Å². The number of aromatic nitrogens is 3. The van der Waals surface area contributed by atoms with Crippen LogP contribution in [0.3, 0.4) is 0 Å². The predicted octanol–water partition coefficient (Wildman–Crippen LogP) is 3.61. The van der Waals surface area contributed by atoms with Gasteiger partial charge in [-0.1, -0.05) is 12.1 Å². The lowest BCUT2D eigenvalue weighted by atomic mass is 10.2. The Kier molecular flexibility index (Phi) is 5.99. The fourth-order valence-electron chi connectivity index (χ4n) is 2.97. The van der Waals surface area contributed by atoms with Gasteiger partial charge in [-0.3, -0.25) is 9.59 Å². The Morgan fingerprint density at radius 2 is 2.00 bits per heavy atom. The molecule has 0 bridgehead atoms. The lowest BCUT2D eigenvalue weighted by Crippen LogP contribution is -2.13. The van der Waals surface area contributed by atoms with Crippen LogP contribution >= 0.6 is 11.8 Å². The van der Waals surface area contributed by atoms with E-state index in [0.29, 0.717) is 34.1 Å². The third-order valence-corrected chi connectivity index (χ3v) is 5.24. The zero-order valence-corrected chi connectivity index (χ0v) is 16.8. The van der Waals surface area contributed by atoms with E-state index in [4.69, 9.17) is 5.11 Å². The van der Waals surface area contributed by atoms with Crippen molar-refractivity contribution in [3.8, 4) is 0 Å². The standard InChI is InChI=1S/C20H22N4O3S/c1-12-9-13(2)24-19(21-12)18(14(3)23-24)20(27)22-16-6-4-5-15(10-16)11-28-8-7-17(25)26/h4-6,9-10H,7-8,11H2,1-3H3,(H,22,27)(H,25,26). The average Bonchev–Trinajstić information content (AvgIpc) is 2.95. The van der Waals surface area contributed by atoms with Crippen LogP contribution in [0.4, 0.5) is 5.69 Å². The minimum atomic E-state index is -0.795. The average molecular weight is 398 g/mol. The molecular weight excluding hydrogens is 376 g/mol.